The lowest BCUT2D eigenvalue weighted by atomic mass is 9.87. The molecule has 1 aromatic rings. The Bertz CT molecular complexity index is 564. The van der Waals surface area contributed by atoms with Crippen LogP contribution in [0, 0.1) is 0 Å². The summed E-state index contributed by atoms with van der Waals surface area (Å²) < 4.78 is 0. The molecule has 0 aliphatic rings. The van der Waals surface area contributed by atoms with Crippen LogP contribution in [0.1, 0.15) is 88.1 Å². The van der Waals surface area contributed by atoms with Crippen molar-refractivity contribution in [2.75, 3.05) is 0 Å². The number of carbonyl (C=O) groups is 3. The van der Waals surface area contributed by atoms with Crippen molar-refractivity contribution in [2.24, 2.45) is 0 Å². The Morgan fingerprint density at radius 1 is 0.704 bits per heavy atom. The molecule has 0 saturated heterocycles. The number of unbranched alkanes of at least 4 members (excludes halogenated alkanes) is 5. The molecule has 0 unspecified atom stereocenters. The van der Waals surface area contributed by atoms with Gasteiger partial charge in [-0.1, -0.05) is 58.6 Å². The van der Waals surface area contributed by atoms with E-state index in [1.807, 2.05) is 12.1 Å². The molecule has 0 bridgehead atoms. The van der Waals surface area contributed by atoms with Crippen molar-refractivity contribution in [3.63, 3.8) is 0 Å². The van der Waals surface area contributed by atoms with Gasteiger partial charge in [-0.3, -0.25) is 9.59 Å². The zero-order chi connectivity index (χ0) is 20.9. The second kappa shape index (κ2) is 12.9. The van der Waals surface area contributed by atoms with Gasteiger partial charge in [-0.25, -0.2) is 4.79 Å². The van der Waals surface area contributed by atoms with Gasteiger partial charge in [-0.05, 0) is 36.0 Å². The molecule has 0 spiro atoms. The first-order chi connectivity index (χ1) is 12.5. The van der Waals surface area contributed by atoms with E-state index in [4.69, 9.17) is 15.3 Å². The molecule has 0 atom stereocenters. The molecule has 0 aliphatic carbocycles. The van der Waals surface area contributed by atoms with Crippen molar-refractivity contribution < 1.29 is 29.7 Å². The standard InChI is InChI=1S/C11H14O2.C10H18O4/c1-11(2,3)9-6-4-8(5-7-9)10(12)13;11-9(12)7-5-3-1-2-4-6-8-10(13)14/h4-7H,1-3H3,(H,12,13);1-8H2,(H,11,12)(H,13,14). The molecule has 27 heavy (non-hydrogen) atoms. The molecule has 0 saturated carbocycles. The van der Waals surface area contributed by atoms with Gasteiger partial charge in [0.25, 0.3) is 0 Å². The van der Waals surface area contributed by atoms with Gasteiger partial charge < -0.3 is 15.3 Å². The van der Waals surface area contributed by atoms with E-state index in [2.05, 4.69) is 20.8 Å². The SMILES string of the molecule is CC(C)(C)c1ccc(C(=O)O)cc1.O=C(O)CCCCCCCCC(=O)O. The summed E-state index contributed by atoms with van der Waals surface area (Å²) in [5.41, 5.74) is 1.57. The average molecular weight is 380 g/mol. The molecule has 0 amide bonds. The first-order valence-corrected chi connectivity index (χ1v) is 9.31. The normalized spacial score (nSPS) is 10.6. The molecular weight excluding hydrogens is 348 g/mol. The summed E-state index contributed by atoms with van der Waals surface area (Å²) in [5, 5.41) is 25.4. The summed E-state index contributed by atoms with van der Waals surface area (Å²) in [6.07, 6.45) is 5.82. The van der Waals surface area contributed by atoms with Crippen LogP contribution >= 0.6 is 0 Å². The Hall–Kier alpha value is -2.37. The number of carboxylic acids is 3. The number of hydrogen-bond donors (Lipinski definition) is 3. The number of carboxylic acid groups (broad SMARTS) is 3. The Kier molecular flexibility index (Phi) is 11.8. The number of rotatable bonds is 10. The summed E-state index contributed by atoms with van der Waals surface area (Å²) in [6, 6.07) is 7.01. The third kappa shape index (κ3) is 13.5. The van der Waals surface area contributed by atoms with E-state index >= 15 is 0 Å². The van der Waals surface area contributed by atoms with Crippen molar-refractivity contribution >= 4 is 17.9 Å². The lowest BCUT2D eigenvalue weighted by Crippen LogP contribution is -2.11. The maximum atomic E-state index is 10.6. The van der Waals surface area contributed by atoms with E-state index in [-0.39, 0.29) is 18.3 Å². The van der Waals surface area contributed by atoms with Crippen LogP contribution in [-0.4, -0.2) is 33.2 Å². The van der Waals surface area contributed by atoms with E-state index < -0.39 is 17.9 Å². The molecule has 0 aromatic heterocycles. The maximum Gasteiger partial charge on any atom is 0.335 e. The molecule has 1 rings (SSSR count). The van der Waals surface area contributed by atoms with Gasteiger partial charge in [0.15, 0.2) is 0 Å². The molecule has 3 N–H and O–H groups in total. The maximum absolute atomic E-state index is 10.6. The lowest BCUT2D eigenvalue weighted by molar-refractivity contribution is -0.138. The minimum absolute atomic E-state index is 0.0804. The van der Waals surface area contributed by atoms with E-state index in [0.29, 0.717) is 5.56 Å². The lowest BCUT2D eigenvalue weighted by Gasteiger charge is -2.18. The van der Waals surface area contributed by atoms with Gasteiger partial charge in [0.05, 0.1) is 5.56 Å². The van der Waals surface area contributed by atoms with Crippen molar-refractivity contribution in [3.8, 4) is 0 Å². The Morgan fingerprint density at radius 3 is 1.37 bits per heavy atom. The number of aromatic carboxylic acids is 1. The molecule has 6 nitrogen and oxygen atoms in total. The molecule has 0 radical (unpaired) electrons. The van der Waals surface area contributed by atoms with E-state index in [9.17, 15) is 14.4 Å². The van der Waals surface area contributed by atoms with Crippen LogP contribution in [0.5, 0.6) is 0 Å². The summed E-state index contributed by atoms with van der Waals surface area (Å²) in [5.74, 6) is -2.35. The molecule has 0 aliphatic heterocycles. The van der Waals surface area contributed by atoms with Crippen LogP contribution in [0.4, 0.5) is 0 Å². The number of aliphatic carboxylic acids is 2. The minimum atomic E-state index is -0.875. The monoisotopic (exact) mass is 380 g/mol. The van der Waals surface area contributed by atoms with Gasteiger partial charge >= 0.3 is 17.9 Å². The molecule has 0 heterocycles. The first kappa shape index (κ1) is 24.6. The predicted octanol–water partition coefficient (Wildman–Crippen LogP) is 4.96. The van der Waals surface area contributed by atoms with Crippen LogP contribution in [-0.2, 0) is 15.0 Å². The number of hydrogen-bond acceptors (Lipinski definition) is 3. The molecule has 6 heteroatoms. The van der Waals surface area contributed by atoms with E-state index in [1.54, 1.807) is 12.1 Å². The van der Waals surface area contributed by atoms with Crippen molar-refractivity contribution in [2.45, 2.75) is 77.6 Å². The number of benzene rings is 1. The fraction of sp³-hybridized carbons (Fsp3) is 0.571. The van der Waals surface area contributed by atoms with Gasteiger partial charge in [-0.2, -0.15) is 0 Å². The van der Waals surface area contributed by atoms with Crippen LogP contribution in [0.2, 0.25) is 0 Å². The average Bonchev–Trinajstić information content (AvgIpc) is 2.56. The Labute approximate surface area is 161 Å². The summed E-state index contributed by atoms with van der Waals surface area (Å²) >= 11 is 0. The van der Waals surface area contributed by atoms with Crippen LogP contribution < -0.4 is 0 Å². The fourth-order valence-electron chi connectivity index (χ4n) is 2.37. The highest BCUT2D eigenvalue weighted by Gasteiger charge is 2.13. The third-order valence-electron chi connectivity index (χ3n) is 4.03. The van der Waals surface area contributed by atoms with Crippen molar-refractivity contribution in [3.05, 3.63) is 35.4 Å². The van der Waals surface area contributed by atoms with Gasteiger partial charge in [-0.15, -0.1) is 0 Å². The van der Waals surface area contributed by atoms with E-state index in [1.165, 1.54) is 0 Å². The summed E-state index contributed by atoms with van der Waals surface area (Å²) in [6.45, 7) is 6.30. The fourth-order valence-corrected chi connectivity index (χ4v) is 2.37. The highest BCUT2D eigenvalue weighted by atomic mass is 16.4. The quantitative estimate of drug-likeness (QED) is 0.495. The zero-order valence-electron chi connectivity index (χ0n) is 16.5. The largest absolute Gasteiger partial charge is 0.481 e. The van der Waals surface area contributed by atoms with Gasteiger partial charge in [0.1, 0.15) is 0 Å². The topological polar surface area (TPSA) is 112 Å². The Balaban J connectivity index is 0.000000501. The Morgan fingerprint density at radius 2 is 1.07 bits per heavy atom. The molecule has 152 valence electrons. The highest BCUT2D eigenvalue weighted by Crippen LogP contribution is 2.22. The highest BCUT2D eigenvalue weighted by molar-refractivity contribution is 5.87. The first-order valence-electron chi connectivity index (χ1n) is 9.31. The zero-order valence-corrected chi connectivity index (χ0v) is 16.5. The smallest absolute Gasteiger partial charge is 0.335 e. The minimum Gasteiger partial charge on any atom is -0.481 e. The van der Waals surface area contributed by atoms with Crippen molar-refractivity contribution in [1.29, 1.82) is 0 Å². The summed E-state index contributed by atoms with van der Waals surface area (Å²) in [7, 11) is 0. The van der Waals surface area contributed by atoms with Crippen LogP contribution in [0.15, 0.2) is 24.3 Å². The van der Waals surface area contributed by atoms with E-state index in [0.717, 1.165) is 44.1 Å². The summed E-state index contributed by atoms with van der Waals surface area (Å²) in [4.78, 5) is 30.9. The molecule has 1 aromatic carbocycles. The second-order valence-electron chi connectivity index (χ2n) is 7.54. The van der Waals surface area contributed by atoms with Crippen molar-refractivity contribution in [1.82, 2.24) is 0 Å². The third-order valence-corrected chi connectivity index (χ3v) is 4.03. The predicted molar refractivity (Wildman–Crippen MR) is 104 cm³/mol. The molecule has 0 fully saturated rings. The second-order valence-corrected chi connectivity index (χ2v) is 7.54. The van der Waals surface area contributed by atoms with Gasteiger partial charge in [0.2, 0.25) is 0 Å². The van der Waals surface area contributed by atoms with Crippen LogP contribution in [0.25, 0.3) is 0 Å². The van der Waals surface area contributed by atoms with Crippen LogP contribution in [0.3, 0.4) is 0 Å². The molecular formula is C21H32O6. The van der Waals surface area contributed by atoms with Gasteiger partial charge in [0, 0.05) is 12.8 Å².